The largest absolute Gasteiger partial charge is 0.352 e. The fraction of sp³-hybridized carbons (Fsp3) is 0.636. The Morgan fingerprint density at radius 3 is 2.50 bits per heavy atom. The highest BCUT2D eigenvalue weighted by Crippen LogP contribution is 2.37. The lowest BCUT2D eigenvalue weighted by Crippen LogP contribution is -2.71. The van der Waals surface area contributed by atoms with Gasteiger partial charge in [-0.05, 0) is 45.2 Å². The van der Waals surface area contributed by atoms with E-state index in [4.69, 9.17) is 4.52 Å². The molecule has 0 radical (unpaired) electrons. The minimum Gasteiger partial charge on any atom is -0.352 e. The fourth-order valence-corrected chi connectivity index (χ4v) is 5.00. The molecule has 5 heterocycles. The van der Waals surface area contributed by atoms with Crippen molar-refractivity contribution in [3.05, 3.63) is 24.2 Å². The molecule has 4 fully saturated rings. The second kappa shape index (κ2) is 7.32. The molecule has 6 rings (SSSR count). The van der Waals surface area contributed by atoms with Gasteiger partial charge in [-0.15, -0.1) is 0 Å². The smallest absolute Gasteiger partial charge is 0.264 e. The summed E-state index contributed by atoms with van der Waals surface area (Å²) in [5, 5.41) is 3.86. The minimum atomic E-state index is -1.67. The average molecular weight is 413 g/mol. The van der Waals surface area contributed by atoms with E-state index in [0.717, 1.165) is 38.2 Å². The summed E-state index contributed by atoms with van der Waals surface area (Å²) in [5.41, 5.74) is -0.983. The third kappa shape index (κ3) is 3.46. The Morgan fingerprint density at radius 2 is 1.90 bits per heavy atom. The van der Waals surface area contributed by atoms with Crippen LogP contribution in [0.5, 0.6) is 0 Å². The number of fused-ring (bicyclic) bond motifs is 2. The molecule has 1 saturated carbocycles. The molecular formula is C22H28FN5O2. The first-order valence-electron chi connectivity index (χ1n) is 11.0. The standard InChI is InChI=1S/C22H28FN5O2/c1-22(2,23)21-25-19(26-30-21)15-8-9-18(24-11-15)27-12-16-10-17(13-27)28(16)20(29)14-6-4-3-5-7-14/h8-9,11,14,16-17H,3-7,10,12-13H2,1-2H3. The zero-order chi connectivity index (χ0) is 20.9. The van der Waals surface area contributed by atoms with E-state index in [9.17, 15) is 9.18 Å². The summed E-state index contributed by atoms with van der Waals surface area (Å²) in [4.78, 5) is 26.1. The van der Waals surface area contributed by atoms with Gasteiger partial charge in [0.2, 0.25) is 11.7 Å². The Hall–Kier alpha value is -2.51. The summed E-state index contributed by atoms with van der Waals surface area (Å²) in [7, 11) is 0. The quantitative estimate of drug-likeness (QED) is 0.761. The minimum absolute atomic E-state index is 0.0413. The maximum absolute atomic E-state index is 14.0. The van der Waals surface area contributed by atoms with Crippen LogP contribution in [0.3, 0.4) is 0 Å². The second-order valence-corrected chi connectivity index (χ2v) is 9.33. The van der Waals surface area contributed by atoms with Crippen molar-refractivity contribution >= 4 is 11.7 Å². The van der Waals surface area contributed by atoms with Gasteiger partial charge in [0.15, 0.2) is 5.67 Å². The van der Waals surface area contributed by atoms with Crippen LogP contribution in [-0.2, 0) is 10.5 Å². The maximum atomic E-state index is 14.0. The first-order valence-corrected chi connectivity index (χ1v) is 11.0. The van der Waals surface area contributed by atoms with E-state index in [1.54, 1.807) is 6.20 Å². The predicted molar refractivity (Wildman–Crippen MR) is 109 cm³/mol. The normalized spacial score (nSPS) is 24.6. The highest BCUT2D eigenvalue weighted by atomic mass is 19.1. The fourth-order valence-electron chi connectivity index (χ4n) is 5.00. The lowest BCUT2D eigenvalue weighted by Gasteiger charge is -2.57. The topological polar surface area (TPSA) is 75.4 Å². The summed E-state index contributed by atoms with van der Waals surface area (Å²) in [5.74, 6) is 1.79. The number of hydrogen-bond donors (Lipinski definition) is 0. The number of amides is 1. The van der Waals surface area contributed by atoms with E-state index >= 15 is 0 Å². The number of nitrogens with zero attached hydrogens (tertiary/aromatic N) is 5. The summed E-state index contributed by atoms with van der Waals surface area (Å²) in [6.07, 6.45) is 8.54. The molecule has 1 aliphatic carbocycles. The van der Waals surface area contributed by atoms with E-state index < -0.39 is 5.67 Å². The third-order valence-electron chi connectivity index (χ3n) is 6.67. The van der Waals surface area contributed by atoms with Crippen LogP contribution in [0, 0.1) is 5.92 Å². The first kappa shape index (κ1) is 19.5. The molecule has 2 bridgehead atoms. The van der Waals surface area contributed by atoms with E-state index in [0.29, 0.717) is 29.4 Å². The number of piperazine rings is 1. The molecule has 2 aromatic heterocycles. The summed E-state index contributed by atoms with van der Waals surface area (Å²) in [6, 6.07) is 4.41. The lowest BCUT2D eigenvalue weighted by molar-refractivity contribution is -0.151. The average Bonchev–Trinajstić information content (AvgIpc) is 3.25. The molecule has 160 valence electrons. The van der Waals surface area contributed by atoms with Gasteiger partial charge in [-0.2, -0.15) is 4.98 Å². The molecule has 1 amide bonds. The number of piperidine rings is 1. The van der Waals surface area contributed by atoms with Gasteiger partial charge in [0.25, 0.3) is 5.89 Å². The van der Waals surface area contributed by atoms with Crippen LogP contribution in [0.1, 0.15) is 58.3 Å². The first-order chi connectivity index (χ1) is 14.4. The van der Waals surface area contributed by atoms with Gasteiger partial charge in [-0.25, -0.2) is 9.37 Å². The van der Waals surface area contributed by atoms with Crippen molar-refractivity contribution in [2.75, 3.05) is 18.0 Å². The Morgan fingerprint density at radius 1 is 1.17 bits per heavy atom. The monoisotopic (exact) mass is 413 g/mol. The Labute approximate surface area is 175 Å². The number of aromatic nitrogens is 3. The van der Waals surface area contributed by atoms with Crippen molar-refractivity contribution in [3.63, 3.8) is 0 Å². The van der Waals surface area contributed by atoms with E-state index in [1.807, 2.05) is 12.1 Å². The van der Waals surface area contributed by atoms with Crippen LogP contribution in [0.15, 0.2) is 22.9 Å². The number of anilines is 1. The number of hydrogen-bond acceptors (Lipinski definition) is 6. The zero-order valence-corrected chi connectivity index (χ0v) is 17.6. The Kier molecular flexibility index (Phi) is 4.75. The molecule has 2 atom stereocenters. The molecule has 3 saturated heterocycles. The van der Waals surface area contributed by atoms with Crippen LogP contribution in [0.2, 0.25) is 0 Å². The molecule has 0 aromatic carbocycles. The number of carbonyl (C=O) groups excluding carboxylic acids is 1. The van der Waals surface area contributed by atoms with Crippen molar-refractivity contribution in [2.45, 2.75) is 70.1 Å². The van der Waals surface area contributed by atoms with Crippen LogP contribution >= 0.6 is 0 Å². The van der Waals surface area contributed by atoms with Crippen LogP contribution in [-0.4, -0.2) is 51.1 Å². The zero-order valence-electron chi connectivity index (χ0n) is 17.6. The van der Waals surface area contributed by atoms with E-state index in [-0.39, 0.29) is 11.8 Å². The molecule has 0 N–H and O–H groups in total. The van der Waals surface area contributed by atoms with Crippen molar-refractivity contribution in [1.82, 2.24) is 20.0 Å². The number of pyridine rings is 1. The summed E-state index contributed by atoms with van der Waals surface area (Å²) >= 11 is 0. The summed E-state index contributed by atoms with van der Waals surface area (Å²) in [6.45, 7) is 4.42. The van der Waals surface area contributed by atoms with Gasteiger partial charge in [0.1, 0.15) is 5.82 Å². The van der Waals surface area contributed by atoms with Crippen molar-refractivity contribution in [1.29, 1.82) is 0 Å². The van der Waals surface area contributed by atoms with Gasteiger partial charge in [0.05, 0.1) is 12.1 Å². The van der Waals surface area contributed by atoms with Gasteiger partial charge >= 0.3 is 0 Å². The SMILES string of the molecule is CC(C)(F)c1nc(-c2ccc(N3CC4CC(C3)N4C(=O)C3CCCCC3)nc2)no1. The number of alkyl halides is 1. The molecule has 8 heteroatoms. The Bertz CT molecular complexity index is 904. The molecule has 2 aromatic rings. The second-order valence-electron chi connectivity index (χ2n) is 9.33. The number of carbonyl (C=O) groups is 1. The molecule has 7 nitrogen and oxygen atoms in total. The predicted octanol–water partition coefficient (Wildman–Crippen LogP) is 3.71. The molecule has 4 aliphatic rings. The van der Waals surface area contributed by atoms with Gasteiger partial charge in [0, 0.05) is 30.8 Å². The van der Waals surface area contributed by atoms with E-state index in [2.05, 4.69) is 24.9 Å². The molecular weight excluding hydrogens is 385 g/mol. The van der Waals surface area contributed by atoms with Crippen LogP contribution in [0.4, 0.5) is 10.2 Å². The summed E-state index contributed by atoms with van der Waals surface area (Å²) < 4.78 is 19.0. The lowest BCUT2D eigenvalue weighted by atomic mass is 9.82. The molecule has 2 unspecified atom stereocenters. The van der Waals surface area contributed by atoms with Crippen LogP contribution in [0.25, 0.3) is 11.4 Å². The highest BCUT2D eigenvalue weighted by Gasteiger charge is 2.48. The van der Waals surface area contributed by atoms with Crippen molar-refractivity contribution in [3.8, 4) is 11.4 Å². The van der Waals surface area contributed by atoms with Gasteiger partial charge in [-0.3, -0.25) is 4.79 Å². The van der Waals surface area contributed by atoms with Gasteiger partial charge < -0.3 is 14.3 Å². The molecule has 3 aliphatic heterocycles. The van der Waals surface area contributed by atoms with Crippen LogP contribution < -0.4 is 4.90 Å². The van der Waals surface area contributed by atoms with E-state index in [1.165, 1.54) is 33.1 Å². The van der Waals surface area contributed by atoms with Crippen molar-refractivity contribution in [2.24, 2.45) is 5.92 Å². The van der Waals surface area contributed by atoms with Gasteiger partial charge in [-0.1, -0.05) is 24.4 Å². The Balaban J connectivity index is 1.24. The van der Waals surface area contributed by atoms with Crippen molar-refractivity contribution < 1.29 is 13.7 Å². The maximum Gasteiger partial charge on any atom is 0.264 e. The molecule has 0 spiro atoms. The number of rotatable bonds is 4. The number of halogens is 1. The molecule has 30 heavy (non-hydrogen) atoms. The third-order valence-corrected chi connectivity index (χ3v) is 6.67. The highest BCUT2D eigenvalue weighted by molar-refractivity contribution is 5.81.